The second kappa shape index (κ2) is 10.0. The molecule has 3 aliphatic heterocycles. The van der Waals surface area contributed by atoms with E-state index in [4.69, 9.17) is 14.7 Å². The van der Waals surface area contributed by atoms with E-state index < -0.39 is 11.7 Å². The Morgan fingerprint density at radius 1 is 1.05 bits per heavy atom. The zero-order chi connectivity index (χ0) is 30.9. The van der Waals surface area contributed by atoms with Crippen molar-refractivity contribution in [3.05, 3.63) is 46.9 Å². The Labute approximate surface area is 253 Å². The quantitative estimate of drug-likeness (QED) is 0.395. The van der Waals surface area contributed by atoms with E-state index >= 15 is 0 Å². The third-order valence-electron chi connectivity index (χ3n) is 8.79. The first-order valence-corrected chi connectivity index (χ1v) is 15.1. The normalized spacial score (nSPS) is 18.7. The van der Waals surface area contributed by atoms with Gasteiger partial charge in [-0.1, -0.05) is 6.07 Å². The molecule has 6 rings (SSSR count). The van der Waals surface area contributed by atoms with E-state index in [0.29, 0.717) is 35.1 Å². The Morgan fingerprint density at radius 2 is 1.81 bits per heavy atom. The first-order chi connectivity index (χ1) is 20.1. The van der Waals surface area contributed by atoms with Crippen molar-refractivity contribution in [2.24, 2.45) is 0 Å². The van der Waals surface area contributed by atoms with Crippen molar-refractivity contribution in [2.75, 3.05) is 23.4 Å². The van der Waals surface area contributed by atoms with Crippen molar-refractivity contribution in [3.63, 3.8) is 0 Å². The lowest BCUT2D eigenvalue weighted by atomic mass is 10.0. The minimum absolute atomic E-state index is 0.0842. The van der Waals surface area contributed by atoms with Gasteiger partial charge >= 0.3 is 6.09 Å². The van der Waals surface area contributed by atoms with Gasteiger partial charge in [0.15, 0.2) is 5.82 Å². The average molecular weight is 587 g/mol. The molecule has 0 aromatic carbocycles. The molecular weight excluding hydrogens is 544 g/mol. The smallest absolute Gasteiger partial charge is 0.410 e. The number of carbonyl (C=O) groups excluding carboxylic acids is 2. The molecule has 0 aliphatic carbocycles. The van der Waals surface area contributed by atoms with Crippen molar-refractivity contribution >= 4 is 23.6 Å². The van der Waals surface area contributed by atoms with Crippen molar-refractivity contribution in [1.29, 1.82) is 0 Å². The molecule has 6 heterocycles. The van der Waals surface area contributed by atoms with Crippen LogP contribution >= 0.6 is 0 Å². The third-order valence-corrected chi connectivity index (χ3v) is 8.79. The average Bonchev–Trinajstić information content (AvgIpc) is 3.67. The van der Waals surface area contributed by atoms with Crippen LogP contribution in [-0.4, -0.2) is 66.4 Å². The number of hydrogen-bond donors (Lipinski definition) is 0. The van der Waals surface area contributed by atoms with Gasteiger partial charge in [0.25, 0.3) is 5.91 Å². The fourth-order valence-corrected chi connectivity index (χ4v) is 6.48. The number of aryl methyl sites for hydroxylation is 1. The zero-order valence-corrected chi connectivity index (χ0v) is 26.6. The van der Waals surface area contributed by atoms with Gasteiger partial charge in [-0.2, -0.15) is 0 Å². The van der Waals surface area contributed by atoms with Crippen LogP contribution in [0.3, 0.4) is 0 Å². The van der Waals surface area contributed by atoms with Crippen LogP contribution < -0.4 is 9.80 Å². The number of rotatable bonds is 5. The molecule has 0 saturated carbocycles. The highest BCUT2D eigenvalue weighted by Gasteiger charge is 2.39. The summed E-state index contributed by atoms with van der Waals surface area (Å²) in [5.41, 5.74) is 1.95. The van der Waals surface area contributed by atoms with Crippen molar-refractivity contribution in [1.82, 2.24) is 29.6 Å². The number of anilines is 2. The number of nitrogens with zero attached hydrogens (tertiary/aromatic N) is 8. The molecule has 228 valence electrons. The SMILES string of the molecule is CN(Cc1nc(N2CCCC2(C)C)cc2c1CN(c1cccc(-c3nnc4n3C(C)(C)CC4)n1)C2=O)C(=O)OC(C)(C)C. The lowest BCUT2D eigenvalue weighted by molar-refractivity contribution is 0.0282. The number of aromatic nitrogens is 5. The highest BCUT2D eigenvalue weighted by Crippen LogP contribution is 2.38. The van der Waals surface area contributed by atoms with E-state index in [1.54, 1.807) is 11.9 Å². The van der Waals surface area contributed by atoms with Crippen LogP contribution in [-0.2, 0) is 29.8 Å². The molecule has 0 spiro atoms. The van der Waals surface area contributed by atoms with E-state index in [-0.39, 0.29) is 23.5 Å². The molecule has 0 unspecified atom stereocenters. The summed E-state index contributed by atoms with van der Waals surface area (Å²) in [5, 5.41) is 8.88. The number of amides is 2. The Morgan fingerprint density at radius 3 is 2.51 bits per heavy atom. The molecule has 0 N–H and O–H groups in total. The van der Waals surface area contributed by atoms with E-state index in [0.717, 1.165) is 49.4 Å². The number of ether oxygens (including phenoxy) is 1. The second-order valence-electron chi connectivity index (χ2n) is 14.2. The summed E-state index contributed by atoms with van der Waals surface area (Å²) >= 11 is 0. The second-order valence-corrected chi connectivity index (χ2v) is 14.2. The van der Waals surface area contributed by atoms with Crippen molar-refractivity contribution in [2.45, 2.75) is 104 Å². The van der Waals surface area contributed by atoms with Crippen LogP contribution in [0.5, 0.6) is 0 Å². The minimum atomic E-state index is -0.620. The van der Waals surface area contributed by atoms with E-state index in [2.05, 4.69) is 47.4 Å². The molecule has 3 aromatic heterocycles. The number of pyridine rings is 2. The van der Waals surface area contributed by atoms with Gasteiger partial charge in [0, 0.05) is 36.7 Å². The zero-order valence-electron chi connectivity index (χ0n) is 26.6. The standard InChI is InChI=1S/C32H42N8O3/c1-30(2,3)43-29(42)37(8)19-23-21-18-38(28(41)20(21)17-26(34-23)39-16-10-14-31(39,4)5)24-12-9-11-22(33-24)27-36-35-25-13-15-32(6,7)40(25)27/h9,11-12,17H,10,13-16,18-19H2,1-8H3. The van der Waals surface area contributed by atoms with Gasteiger partial charge in [0.2, 0.25) is 0 Å². The van der Waals surface area contributed by atoms with Crippen LogP contribution in [0, 0.1) is 0 Å². The van der Waals surface area contributed by atoms with Crippen LogP contribution in [0.1, 0.15) is 95.2 Å². The highest BCUT2D eigenvalue weighted by molar-refractivity contribution is 6.10. The Balaban J connectivity index is 1.36. The monoisotopic (exact) mass is 586 g/mol. The first-order valence-electron chi connectivity index (χ1n) is 15.1. The van der Waals surface area contributed by atoms with Crippen LogP contribution in [0.15, 0.2) is 24.3 Å². The van der Waals surface area contributed by atoms with Crippen LogP contribution in [0.25, 0.3) is 11.5 Å². The maximum atomic E-state index is 14.1. The Bertz CT molecular complexity index is 1600. The molecule has 0 atom stereocenters. The van der Waals surface area contributed by atoms with Crippen molar-refractivity contribution < 1.29 is 14.3 Å². The minimum Gasteiger partial charge on any atom is -0.444 e. The third kappa shape index (κ3) is 5.23. The number of fused-ring (bicyclic) bond motifs is 2. The summed E-state index contributed by atoms with van der Waals surface area (Å²) in [7, 11) is 1.70. The first kappa shape index (κ1) is 29.1. The van der Waals surface area contributed by atoms with Gasteiger partial charge < -0.3 is 19.1 Å². The lowest BCUT2D eigenvalue weighted by Crippen LogP contribution is -2.39. The van der Waals surface area contributed by atoms with Crippen LogP contribution in [0.4, 0.5) is 16.4 Å². The topological polar surface area (TPSA) is 110 Å². The van der Waals surface area contributed by atoms with Gasteiger partial charge in [-0.15, -0.1) is 10.2 Å². The molecule has 11 nitrogen and oxygen atoms in total. The van der Waals surface area contributed by atoms with Gasteiger partial charge in [-0.25, -0.2) is 14.8 Å². The Kier molecular flexibility index (Phi) is 6.78. The van der Waals surface area contributed by atoms with Gasteiger partial charge in [-0.05, 0) is 85.9 Å². The lowest BCUT2D eigenvalue weighted by Gasteiger charge is -2.33. The van der Waals surface area contributed by atoms with E-state index in [9.17, 15) is 9.59 Å². The number of carbonyl (C=O) groups is 2. The molecule has 43 heavy (non-hydrogen) atoms. The number of hydrogen-bond acceptors (Lipinski definition) is 8. The summed E-state index contributed by atoms with van der Waals surface area (Å²) < 4.78 is 7.77. The van der Waals surface area contributed by atoms with E-state index in [1.165, 1.54) is 4.90 Å². The van der Waals surface area contributed by atoms with Crippen LogP contribution in [0.2, 0.25) is 0 Å². The molecule has 11 heteroatoms. The van der Waals surface area contributed by atoms with Gasteiger partial charge in [0.1, 0.15) is 28.8 Å². The van der Waals surface area contributed by atoms with E-state index in [1.807, 2.05) is 45.0 Å². The predicted molar refractivity (Wildman–Crippen MR) is 164 cm³/mol. The molecular formula is C32H42N8O3. The summed E-state index contributed by atoms with van der Waals surface area (Å²) in [4.78, 5) is 42.5. The predicted octanol–water partition coefficient (Wildman–Crippen LogP) is 5.32. The molecule has 3 aliphatic rings. The summed E-state index contributed by atoms with van der Waals surface area (Å²) in [6, 6.07) is 7.59. The molecule has 2 amide bonds. The molecule has 1 saturated heterocycles. The maximum Gasteiger partial charge on any atom is 0.410 e. The molecule has 0 radical (unpaired) electrons. The maximum absolute atomic E-state index is 14.1. The fourth-order valence-electron chi connectivity index (χ4n) is 6.48. The van der Waals surface area contributed by atoms with Gasteiger partial charge in [0.05, 0.1) is 24.3 Å². The summed E-state index contributed by atoms with van der Waals surface area (Å²) in [5.74, 6) is 2.84. The Hall–Kier alpha value is -4.02. The summed E-state index contributed by atoms with van der Waals surface area (Å²) in [6.45, 7) is 15.7. The highest BCUT2D eigenvalue weighted by atomic mass is 16.6. The molecule has 1 fully saturated rings. The molecule has 3 aromatic rings. The van der Waals surface area contributed by atoms with Crippen molar-refractivity contribution in [3.8, 4) is 11.5 Å². The largest absolute Gasteiger partial charge is 0.444 e. The fraction of sp³-hybridized carbons (Fsp3) is 0.562. The summed E-state index contributed by atoms with van der Waals surface area (Å²) in [6.07, 6.45) is 3.53. The van der Waals surface area contributed by atoms with Gasteiger partial charge in [-0.3, -0.25) is 9.69 Å². The molecule has 0 bridgehead atoms.